The van der Waals surface area contributed by atoms with E-state index in [1.54, 1.807) is 19.2 Å². The third-order valence-corrected chi connectivity index (χ3v) is 4.58. The first-order valence-electron chi connectivity index (χ1n) is 7.62. The minimum absolute atomic E-state index is 0.0232. The fourth-order valence-corrected chi connectivity index (χ4v) is 3.42. The van der Waals surface area contributed by atoms with Crippen molar-refractivity contribution in [2.45, 2.75) is 25.3 Å². The smallest absolute Gasteiger partial charge is 0.254 e. The van der Waals surface area contributed by atoms with E-state index in [1.807, 2.05) is 17.0 Å². The van der Waals surface area contributed by atoms with Crippen LogP contribution < -0.4 is 0 Å². The molecule has 0 saturated carbocycles. The maximum Gasteiger partial charge on any atom is 0.254 e. The Kier molecular flexibility index (Phi) is 4.65. The normalized spacial score (nSPS) is 21.0. The molecular weight excluding hydrogens is 298 g/mol. The van der Waals surface area contributed by atoms with Gasteiger partial charge in [-0.3, -0.25) is 4.79 Å². The van der Waals surface area contributed by atoms with Crippen molar-refractivity contribution < 1.29 is 9.53 Å². The summed E-state index contributed by atoms with van der Waals surface area (Å²) >= 11 is 6.02. The summed E-state index contributed by atoms with van der Waals surface area (Å²) in [5.41, 5.74) is 3.39. The largest absolute Gasteiger partial charge is 0.383 e. The number of carbonyl (C=O) groups excluding carboxylic acids is 1. The van der Waals surface area contributed by atoms with Gasteiger partial charge in [0, 0.05) is 24.2 Å². The third-order valence-electron chi connectivity index (χ3n) is 4.34. The van der Waals surface area contributed by atoms with Gasteiger partial charge >= 0.3 is 0 Å². The predicted octanol–water partition coefficient (Wildman–Crippen LogP) is 3.85. The maximum absolute atomic E-state index is 12.9. The molecule has 0 bridgehead atoms. The van der Waals surface area contributed by atoms with Gasteiger partial charge in [0.15, 0.2) is 0 Å². The summed E-state index contributed by atoms with van der Waals surface area (Å²) in [6.07, 6.45) is 7.46. The first kappa shape index (κ1) is 15.3. The number of ether oxygens (including phenoxy) is 1. The second kappa shape index (κ2) is 6.67. The van der Waals surface area contributed by atoms with Crippen LogP contribution in [-0.4, -0.2) is 37.1 Å². The lowest BCUT2D eigenvalue weighted by Gasteiger charge is -2.38. The van der Waals surface area contributed by atoms with E-state index in [-0.39, 0.29) is 11.9 Å². The molecule has 3 rings (SSSR count). The van der Waals surface area contributed by atoms with Crippen LogP contribution >= 0.6 is 11.6 Å². The highest BCUT2D eigenvalue weighted by atomic mass is 35.5. The summed E-state index contributed by atoms with van der Waals surface area (Å²) in [5, 5.41) is 0.587. The fraction of sp³-hybridized carbons (Fsp3) is 0.389. The first-order chi connectivity index (χ1) is 10.7. The first-order valence-corrected chi connectivity index (χ1v) is 7.99. The number of methoxy groups -OCH3 is 1. The zero-order chi connectivity index (χ0) is 15.5. The molecule has 3 nitrogen and oxygen atoms in total. The highest BCUT2D eigenvalue weighted by Gasteiger charge is 2.31. The van der Waals surface area contributed by atoms with Crippen molar-refractivity contribution in [3.8, 4) is 0 Å². The van der Waals surface area contributed by atoms with Crippen molar-refractivity contribution in [1.29, 1.82) is 0 Å². The van der Waals surface area contributed by atoms with Crippen LogP contribution in [0.3, 0.4) is 0 Å². The van der Waals surface area contributed by atoms with E-state index >= 15 is 0 Å². The Hall–Kier alpha value is -1.58. The van der Waals surface area contributed by atoms with Crippen molar-refractivity contribution in [2.24, 2.45) is 0 Å². The summed E-state index contributed by atoms with van der Waals surface area (Å²) < 4.78 is 5.34. The SMILES string of the molecule is COCC1CC2=C(C=CCC2)CN1C(=O)c1cccc(Cl)c1. The van der Waals surface area contributed by atoms with E-state index < -0.39 is 0 Å². The van der Waals surface area contributed by atoms with E-state index in [9.17, 15) is 4.79 Å². The zero-order valence-corrected chi connectivity index (χ0v) is 13.5. The van der Waals surface area contributed by atoms with Crippen molar-refractivity contribution >= 4 is 17.5 Å². The molecule has 0 saturated heterocycles. The van der Waals surface area contributed by atoms with Crippen molar-refractivity contribution in [2.75, 3.05) is 20.3 Å². The van der Waals surface area contributed by atoms with Crippen LogP contribution in [0.4, 0.5) is 0 Å². The molecule has 1 aromatic carbocycles. The van der Waals surface area contributed by atoms with Crippen LogP contribution in [0.1, 0.15) is 29.6 Å². The molecule has 0 fully saturated rings. The van der Waals surface area contributed by atoms with E-state index in [0.29, 0.717) is 23.7 Å². The molecule has 1 amide bonds. The molecule has 1 aliphatic heterocycles. The molecule has 0 spiro atoms. The lowest BCUT2D eigenvalue weighted by atomic mass is 9.87. The van der Waals surface area contributed by atoms with Crippen LogP contribution in [0.15, 0.2) is 47.6 Å². The Morgan fingerprint density at radius 3 is 3.09 bits per heavy atom. The van der Waals surface area contributed by atoms with Gasteiger partial charge in [0.05, 0.1) is 12.6 Å². The molecule has 1 aromatic rings. The van der Waals surface area contributed by atoms with Gasteiger partial charge in [-0.05, 0) is 43.0 Å². The minimum atomic E-state index is 0.0232. The van der Waals surface area contributed by atoms with Crippen molar-refractivity contribution in [3.05, 3.63) is 58.1 Å². The number of amides is 1. The molecule has 116 valence electrons. The second-order valence-corrected chi connectivity index (χ2v) is 6.26. The average molecular weight is 318 g/mol. The van der Waals surface area contributed by atoms with Gasteiger partial charge in [0.25, 0.3) is 5.91 Å². The molecule has 4 heteroatoms. The van der Waals surface area contributed by atoms with Gasteiger partial charge < -0.3 is 9.64 Å². The van der Waals surface area contributed by atoms with E-state index in [1.165, 1.54) is 11.1 Å². The molecule has 0 N–H and O–H groups in total. The predicted molar refractivity (Wildman–Crippen MR) is 88.2 cm³/mol. The number of hydrogen-bond acceptors (Lipinski definition) is 2. The number of rotatable bonds is 3. The summed E-state index contributed by atoms with van der Waals surface area (Å²) in [6.45, 7) is 1.22. The second-order valence-electron chi connectivity index (χ2n) is 5.83. The Balaban J connectivity index is 1.88. The van der Waals surface area contributed by atoms with E-state index in [4.69, 9.17) is 16.3 Å². The topological polar surface area (TPSA) is 29.5 Å². The highest BCUT2D eigenvalue weighted by molar-refractivity contribution is 6.30. The number of allylic oxidation sites excluding steroid dienone is 1. The summed E-state index contributed by atoms with van der Waals surface area (Å²) in [4.78, 5) is 14.8. The summed E-state index contributed by atoms with van der Waals surface area (Å²) in [6, 6.07) is 7.25. The monoisotopic (exact) mass is 317 g/mol. The highest BCUT2D eigenvalue weighted by Crippen LogP contribution is 2.31. The number of benzene rings is 1. The molecule has 1 heterocycles. The summed E-state index contributed by atoms with van der Waals surface area (Å²) in [7, 11) is 1.69. The Bertz CT molecular complexity index is 636. The van der Waals surface area contributed by atoms with Crippen LogP contribution in [0, 0.1) is 0 Å². The van der Waals surface area contributed by atoms with Crippen LogP contribution in [-0.2, 0) is 4.74 Å². The van der Waals surface area contributed by atoms with Crippen molar-refractivity contribution in [1.82, 2.24) is 4.90 Å². The Morgan fingerprint density at radius 2 is 2.32 bits per heavy atom. The van der Waals surface area contributed by atoms with Crippen molar-refractivity contribution in [3.63, 3.8) is 0 Å². The molecule has 1 aliphatic carbocycles. The number of nitrogens with zero attached hydrogens (tertiary/aromatic N) is 1. The number of halogens is 1. The molecule has 0 radical (unpaired) electrons. The van der Waals surface area contributed by atoms with Gasteiger partial charge in [-0.1, -0.05) is 35.4 Å². The van der Waals surface area contributed by atoms with Gasteiger partial charge in [0.1, 0.15) is 0 Å². The molecule has 1 atom stereocenters. The van der Waals surface area contributed by atoms with E-state index in [2.05, 4.69) is 12.2 Å². The number of hydrogen-bond donors (Lipinski definition) is 0. The molecule has 1 unspecified atom stereocenters. The Labute approximate surface area is 136 Å². The molecule has 2 aliphatic rings. The third kappa shape index (κ3) is 3.11. The van der Waals surface area contributed by atoms with Gasteiger partial charge in [-0.25, -0.2) is 0 Å². The molecular formula is C18H20ClNO2. The number of carbonyl (C=O) groups is 1. The van der Waals surface area contributed by atoms with Crippen LogP contribution in [0.2, 0.25) is 5.02 Å². The standard InChI is InChI=1S/C18H20ClNO2/c1-22-12-17-10-13-5-2-3-6-15(13)11-20(17)18(21)14-7-4-8-16(19)9-14/h3-4,6-9,17H,2,5,10-12H2,1H3. The lowest BCUT2D eigenvalue weighted by molar-refractivity contribution is 0.0533. The van der Waals surface area contributed by atoms with Crippen LogP contribution in [0.25, 0.3) is 0 Å². The zero-order valence-electron chi connectivity index (χ0n) is 12.7. The average Bonchev–Trinajstić information content (AvgIpc) is 2.54. The van der Waals surface area contributed by atoms with E-state index in [0.717, 1.165) is 19.3 Å². The lowest BCUT2D eigenvalue weighted by Crippen LogP contribution is -2.47. The fourth-order valence-electron chi connectivity index (χ4n) is 3.23. The molecule has 22 heavy (non-hydrogen) atoms. The maximum atomic E-state index is 12.9. The quantitative estimate of drug-likeness (QED) is 0.847. The van der Waals surface area contributed by atoms with Gasteiger partial charge in [0.2, 0.25) is 0 Å². The van der Waals surface area contributed by atoms with Gasteiger partial charge in [-0.15, -0.1) is 0 Å². The van der Waals surface area contributed by atoms with Crippen LogP contribution in [0.5, 0.6) is 0 Å². The Morgan fingerprint density at radius 1 is 1.45 bits per heavy atom. The van der Waals surface area contributed by atoms with Gasteiger partial charge in [-0.2, -0.15) is 0 Å². The minimum Gasteiger partial charge on any atom is -0.383 e. The summed E-state index contributed by atoms with van der Waals surface area (Å²) in [5.74, 6) is 0.0232. The molecule has 0 aromatic heterocycles.